The minimum Gasteiger partial charge on any atom is -0.337 e. The van der Waals surface area contributed by atoms with Gasteiger partial charge in [0.25, 0.3) is 0 Å². The fourth-order valence-corrected chi connectivity index (χ4v) is 1.61. The molecule has 0 bridgehead atoms. The summed E-state index contributed by atoms with van der Waals surface area (Å²) in [7, 11) is 3.16. The molecule has 8 heteroatoms. The predicted molar refractivity (Wildman–Crippen MR) is 70.2 cm³/mol. The molecule has 118 valence electrons. The highest BCUT2D eigenvalue weighted by Crippen LogP contribution is 2.32. The summed E-state index contributed by atoms with van der Waals surface area (Å²) in [5.74, 6) is -0.927. The summed E-state index contributed by atoms with van der Waals surface area (Å²) in [6.07, 6.45) is -4.60. The molecule has 1 rings (SSSR count). The van der Waals surface area contributed by atoms with E-state index in [2.05, 4.69) is 10.6 Å². The number of urea groups is 1. The number of amides is 2. The van der Waals surface area contributed by atoms with Gasteiger partial charge in [0.1, 0.15) is 5.82 Å². The fraction of sp³-hybridized carbons (Fsp3) is 0.462. The van der Waals surface area contributed by atoms with E-state index in [0.717, 1.165) is 12.1 Å². The van der Waals surface area contributed by atoms with Crippen LogP contribution in [-0.2, 0) is 12.7 Å². The van der Waals surface area contributed by atoms with Crippen LogP contribution in [0.3, 0.4) is 0 Å². The molecule has 4 nitrogen and oxygen atoms in total. The summed E-state index contributed by atoms with van der Waals surface area (Å²) in [6.45, 7) is 0.515. The van der Waals surface area contributed by atoms with Crippen LogP contribution in [0.15, 0.2) is 18.2 Å². The number of benzene rings is 1. The van der Waals surface area contributed by atoms with E-state index in [1.165, 1.54) is 4.90 Å². The van der Waals surface area contributed by atoms with Gasteiger partial charge in [0.05, 0.1) is 5.56 Å². The molecule has 0 radical (unpaired) electrons. The van der Waals surface area contributed by atoms with Gasteiger partial charge in [-0.2, -0.15) is 13.2 Å². The maximum Gasteiger partial charge on any atom is 0.416 e. The molecule has 0 aromatic heterocycles. The van der Waals surface area contributed by atoms with Crippen molar-refractivity contribution in [1.29, 1.82) is 0 Å². The molecule has 21 heavy (non-hydrogen) atoms. The van der Waals surface area contributed by atoms with E-state index < -0.39 is 17.6 Å². The van der Waals surface area contributed by atoms with Crippen molar-refractivity contribution in [2.45, 2.75) is 12.7 Å². The minimum atomic E-state index is -4.60. The third kappa shape index (κ3) is 5.58. The molecule has 2 N–H and O–H groups in total. The highest BCUT2D eigenvalue weighted by atomic mass is 19.4. The number of carbonyl (C=O) groups is 1. The maximum atomic E-state index is 12.9. The lowest BCUT2D eigenvalue weighted by atomic mass is 10.1. The van der Waals surface area contributed by atoms with Crippen molar-refractivity contribution in [3.63, 3.8) is 0 Å². The molecule has 0 atom stereocenters. The lowest BCUT2D eigenvalue weighted by Crippen LogP contribution is -2.38. The van der Waals surface area contributed by atoms with Gasteiger partial charge in [-0.3, -0.25) is 0 Å². The van der Waals surface area contributed by atoms with Crippen molar-refractivity contribution in [3.8, 4) is 0 Å². The van der Waals surface area contributed by atoms with Gasteiger partial charge in [0.2, 0.25) is 0 Å². The van der Waals surface area contributed by atoms with E-state index >= 15 is 0 Å². The second kappa shape index (κ2) is 7.26. The Kier molecular flexibility index (Phi) is 5.95. The number of nitrogens with one attached hydrogen (secondary N) is 2. The topological polar surface area (TPSA) is 44.4 Å². The Morgan fingerprint density at radius 1 is 1.24 bits per heavy atom. The Morgan fingerprint density at radius 2 is 1.90 bits per heavy atom. The lowest BCUT2D eigenvalue weighted by Gasteiger charge is -2.14. The van der Waals surface area contributed by atoms with Gasteiger partial charge < -0.3 is 15.5 Å². The highest BCUT2D eigenvalue weighted by Gasteiger charge is 2.33. The van der Waals surface area contributed by atoms with Crippen molar-refractivity contribution in [2.75, 3.05) is 27.2 Å². The molecule has 1 aromatic carbocycles. The Balaban J connectivity index is 2.51. The van der Waals surface area contributed by atoms with Gasteiger partial charge in [0.15, 0.2) is 0 Å². The first-order chi connectivity index (χ1) is 9.71. The highest BCUT2D eigenvalue weighted by molar-refractivity contribution is 5.73. The average Bonchev–Trinajstić information content (AvgIpc) is 2.38. The first-order valence-electron chi connectivity index (χ1n) is 6.23. The van der Waals surface area contributed by atoms with Crippen LogP contribution in [0, 0.1) is 5.82 Å². The molecule has 0 spiro atoms. The van der Waals surface area contributed by atoms with E-state index in [1.54, 1.807) is 14.1 Å². The molecule has 0 saturated carbocycles. The Labute approximate surface area is 120 Å². The molecular formula is C13H17F4N3O. The second-order valence-electron chi connectivity index (χ2n) is 4.60. The summed E-state index contributed by atoms with van der Waals surface area (Å²) < 4.78 is 51.1. The third-order valence-corrected chi connectivity index (χ3v) is 2.68. The smallest absolute Gasteiger partial charge is 0.337 e. The van der Waals surface area contributed by atoms with E-state index in [1.807, 2.05) is 0 Å². The molecule has 0 saturated heterocycles. The van der Waals surface area contributed by atoms with Gasteiger partial charge in [-0.15, -0.1) is 0 Å². The molecular weight excluding hydrogens is 290 g/mol. The summed E-state index contributed by atoms with van der Waals surface area (Å²) >= 11 is 0. The predicted octanol–water partition coefficient (Wildman–Crippen LogP) is 2.21. The maximum absolute atomic E-state index is 12.9. The number of nitrogens with zero attached hydrogens (tertiary/aromatic N) is 1. The first-order valence-corrected chi connectivity index (χ1v) is 6.23. The second-order valence-corrected chi connectivity index (χ2v) is 4.60. The van der Waals surface area contributed by atoms with Crippen LogP contribution >= 0.6 is 0 Å². The normalized spacial score (nSPS) is 11.3. The lowest BCUT2D eigenvalue weighted by molar-refractivity contribution is -0.138. The number of rotatable bonds is 5. The summed E-state index contributed by atoms with van der Waals surface area (Å²) in [5, 5.41) is 5.34. The summed E-state index contributed by atoms with van der Waals surface area (Å²) in [6, 6.07) is 2.28. The first kappa shape index (κ1) is 17.2. The van der Waals surface area contributed by atoms with Gasteiger partial charge in [0, 0.05) is 33.7 Å². The van der Waals surface area contributed by atoms with Crippen LogP contribution in [0.1, 0.15) is 11.1 Å². The number of hydrogen-bond donors (Lipinski definition) is 2. The number of carbonyl (C=O) groups excluding carboxylic acids is 1. The molecule has 0 heterocycles. The van der Waals surface area contributed by atoms with Gasteiger partial charge in [-0.05, 0) is 17.7 Å². The van der Waals surface area contributed by atoms with Crippen molar-refractivity contribution in [1.82, 2.24) is 15.5 Å². The monoisotopic (exact) mass is 307 g/mol. The van der Waals surface area contributed by atoms with Gasteiger partial charge in [-0.1, -0.05) is 6.07 Å². The fourth-order valence-electron chi connectivity index (χ4n) is 1.61. The standard InChI is InChI=1S/C13H17F4N3O/c1-20(2)12(21)19-6-5-18-8-9-3-4-10(14)7-11(9)13(15,16)17/h3-4,7,18H,5-6,8H2,1-2H3,(H,19,21). The molecule has 0 aliphatic rings. The summed E-state index contributed by atoms with van der Waals surface area (Å²) in [5.41, 5.74) is -1.03. The Bertz CT molecular complexity index is 489. The molecule has 0 fully saturated rings. The molecule has 0 aliphatic heterocycles. The molecule has 1 aromatic rings. The van der Waals surface area contributed by atoms with Crippen LogP contribution in [0.25, 0.3) is 0 Å². The van der Waals surface area contributed by atoms with Gasteiger partial charge >= 0.3 is 12.2 Å². The zero-order chi connectivity index (χ0) is 16.0. The third-order valence-electron chi connectivity index (χ3n) is 2.68. The SMILES string of the molecule is CN(C)C(=O)NCCNCc1ccc(F)cc1C(F)(F)F. The zero-order valence-electron chi connectivity index (χ0n) is 11.7. The quantitative estimate of drug-likeness (QED) is 0.647. The number of alkyl halides is 3. The average molecular weight is 307 g/mol. The van der Waals surface area contributed by atoms with Crippen molar-refractivity contribution >= 4 is 6.03 Å². The van der Waals surface area contributed by atoms with E-state index in [4.69, 9.17) is 0 Å². The van der Waals surface area contributed by atoms with Crippen molar-refractivity contribution in [2.24, 2.45) is 0 Å². The van der Waals surface area contributed by atoms with Crippen molar-refractivity contribution < 1.29 is 22.4 Å². The van der Waals surface area contributed by atoms with E-state index in [9.17, 15) is 22.4 Å². The van der Waals surface area contributed by atoms with Crippen molar-refractivity contribution in [3.05, 3.63) is 35.1 Å². The van der Waals surface area contributed by atoms with Crippen LogP contribution in [0.4, 0.5) is 22.4 Å². The van der Waals surface area contributed by atoms with Crippen LogP contribution < -0.4 is 10.6 Å². The van der Waals surface area contributed by atoms with Crippen LogP contribution in [0.2, 0.25) is 0 Å². The molecule has 0 aliphatic carbocycles. The van der Waals surface area contributed by atoms with E-state index in [0.29, 0.717) is 12.6 Å². The van der Waals surface area contributed by atoms with Crippen LogP contribution in [-0.4, -0.2) is 38.1 Å². The molecule has 2 amide bonds. The van der Waals surface area contributed by atoms with E-state index in [-0.39, 0.29) is 24.7 Å². The summed E-state index contributed by atoms with van der Waals surface area (Å²) in [4.78, 5) is 12.5. The van der Waals surface area contributed by atoms with Gasteiger partial charge in [-0.25, -0.2) is 9.18 Å². The largest absolute Gasteiger partial charge is 0.416 e. The minimum absolute atomic E-state index is 0.0390. The number of hydrogen-bond acceptors (Lipinski definition) is 2. The Hall–Kier alpha value is -1.83. The zero-order valence-corrected chi connectivity index (χ0v) is 11.7. The van der Waals surface area contributed by atoms with Crippen LogP contribution in [0.5, 0.6) is 0 Å². The Morgan fingerprint density at radius 3 is 2.48 bits per heavy atom. The number of halogens is 4. The molecule has 0 unspecified atom stereocenters.